The maximum absolute atomic E-state index is 9.37. The molecule has 1 rings (SSSR count). The molecule has 0 saturated heterocycles. The van der Waals surface area contributed by atoms with Crippen LogP contribution in [0.3, 0.4) is 0 Å². The Kier molecular flexibility index (Phi) is 3.27. The number of ether oxygens (including phenoxy) is 2. The van der Waals surface area contributed by atoms with Gasteiger partial charge >= 0.3 is 0 Å². The number of phenols is 1. The van der Waals surface area contributed by atoms with Gasteiger partial charge in [-0.3, -0.25) is 0 Å². The third-order valence-electron chi connectivity index (χ3n) is 1.53. The third kappa shape index (κ3) is 1.84. The van der Waals surface area contributed by atoms with Gasteiger partial charge in [-0.05, 0) is 15.9 Å². The van der Waals surface area contributed by atoms with Gasteiger partial charge in [0.05, 0.1) is 18.7 Å². The third-order valence-corrected chi connectivity index (χ3v) is 2.92. The number of benzene rings is 1. The smallest absolute Gasteiger partial charge is 0.180 e. The fourth-order valence-electron chi connectivity index (χ4n) is 0.915. The van der Waals surface area contributed by atoms with Crippen molar-refractivity contribution in [2.75, 3.05) is 14.2 Å². The van der Waals surface area contributed by atoms with E-state index >= 15 is 0 Å². The lowest BCUT2D eigenvalue weighted by Gasteiger charge is -2.11. The first-order valence-electron chi connectivity index (χ1n) is 3.40. The molecule has 0 saturated carbocycles. The maximum atomic E-state index is 9.37. The molecular formula is C8H8BrClO3. The summed E-state index contributed by atoms with van der Waals surface area (Å²) in [5.41, 5.74) is 0. The van der Waals surface area contributed by atoms with Crippen molar-refractivity contribution in [2.45, 2.75) is 0 Å². The number of phenolic OH excluding ortho intramolecular Hbond substituents is 1. The topological polar surface area (TPSA) is 38.7 Å². The molecule has 0 heterocycles. The van der Waals surface area contributed by atoms with Gasteiger partial charge in [-0.15, -0.1) is 0 Å². The molecule has 0 amide bonds. The van der Waals surface area contributed by atoms with Crippen molar-refractivity contribution in [3.63, 3.8) is 0 Å². The molecule has 0 unspecified atom stereocenters. The predicted molar refractivity (Wildman–Crippen MR) is 53.9 cm³/mol. The average molecular weight is 268 g/mol. The summed E-state index contributed by atoms with van der Waals surface area (Å²) in [6, 6.07) is 1.43. The lowest BCUT2D eigenvalue weighted by Crippen LogP contribution is -1.91. The number of hydrogen-bond acceptors (Lipinski definition) is 3. The summed E-state index contributed by atoms with van der Waals surface area (Å²) in [4.78, 5) is 0. The number of aromatic hydroxyl groups is 1. The van der Waals surface area contributed by atoms with Gasteiger partial charge in [-0.2, -0.15) is 0 Å². The van der Waals surface area contributed by atoms with E-state index in [1.807, 2.05) is 0 Å². The zero-order chi connectivity index (χ0) is 10.0. The van der Waals surface area contributed by atoms with Crippen LogP contribution in [0.5, 0.6) is 17.2 Å². The maximum Gasteiger partial charge on any atom is 0.180 e. The van der Waals surface area contributed by atoms with Crippen LogP contribution in [0.15, 0.2) is 10.5 Å². The minimum absolute atomic E-state index is 0.0163. The highest BCUT2D eigenvalue weighted by Crippen LogP contribution is 2.44. The highest BCUT2D eigenvalue weighted by Gasteiger charge is 2.15. The van der Waals surface area contributed by atoms with Crippen molar-refractivity contribution >= 4 is 27.5 Å². The Labute approximate surface area is 89.4 Å². The molecule has 0 fully saturated rings. The molecule has 0 atom stereocenters. The molecule has 1 aromatic carbocycles. The monoisotopic (exact) mass is 266 g/mol. The van der Waals surface area contributed by atoms with Crippen molar-refractivity contribution in [3.8, 4) is 17.2 Å². The first-order valence-corrected chi connectivity index (χ1v) is 4.57. The molecule has 1 N–H and O–H groups in total. The molecule has 0 aliphatic rings. The van der Waals surface area contributed by atoms with Gasteiger partial charge in [-0.1, -0.05) is 11.6 Å². The van der Waals surface area contributed by atoms with Crippen LogP contribution in [-0.2, 0) is 0 Å². The Balaban J connectivity index is 3.39. The minimum atomic E-state index is 0.0163. The minimum Gasteiger partial charge on any atom is -0.507 e. The fourth-order valence-corrected chi connectivity index (χ4v) is 1.48. The Hall–Kier alpha value is -0.610. The van der Waals surface area contributed by atoms with E-state index in [4.69, 9.17) is 21.1 Å². The first-order chi connectivity index (χ1) is 6.11. The standard InChI is InChI=1S/C8H8BrClO3/c1-12-5-3-4(11)6(9)7(10)8(5)13-2/h3,11H,1-2H3. The summed E-state index contributed by atoms with van der Waals surface area (Å²) in [6.07, 6.45) is 0. The molecule has 0 radical (unpaired) electrons. The quantitative estimate of drug-likeness (QED) is 0.895. The van der Waals surface area contributed by atoms with Crippen molar-refractivity contribution < 1.29 is 14.6 Å². The van der Waals surface area contributed by atoms with Gasteiger partial charge in [0.1, 0.15) is 10.8 Å². The second kappa shape index (κ2) is 4.07. The molecule has 0 aliphatic heterocycles. The SMILES string of the molecule is COc1cc(O)c(Br)c(Cl)c1OC. The zero-order valence-electron chi connectivity index (χ0n) is 7.10. The summed E-state index contributed by atoms with van der Waals surface area (Å²) in [5.74, 6) is 0.810. The molecular weight excluding hydrogens is 259 g/mol. The lowest BCUT2D eigenvalue weighted by atomic mass is 10.3. The van der Waals surface area contributed by atoms with E-state index in [0.29, 0.717) is 21.0 Å². The van der Waals surface area contributed by atoms with Gasteiger partial charge in [0.25, 0.3) is 0 Å². The summed E-state index contributed by atoms with van der Waals surface area (Å²) < 4.78 is 10.4. The van der Waals surface area contributed by atoms with Gasteiger partial charge < -0.3 is 14.6 Å². The highest BCUT2D eigenvalue weighted by molar-refractivity contribution is 9.10. The molecule has 0 aromatic heterocycles. The van der Waals surface area contributed by atoms with Crippen LogP contribution in [0.25, 0.3) is 0 Å². The van der Waals surface area contributed by atoms with Crippen LogP contribution in [0.4, 0.5) is 0 Å². The Morgan fingerprint density at radius 1 is 1.38 bits per heavy atom. The molecule has 72 valence electrons. The van der Waals surface area contributed by atoms with Crippen LogP contribution in [0.2, 0.25) is 5.02 Å². The Bertz CT molecular complexity index is 328. The van der Waals surface area contributed by atoms with Crippen LogP contribution in [0, 0.1) is 0 Å². The fraction of sp³-hybridized carbons (Fsp3) is 0.250. The second-order valence-electron chi connectivity index (χ2n) is 2.26. The predicted octanol–water partition coefficient (Wildman–Crippen LogP) is 2.83. The summed E-state index contributed by atoms with van der Waals surface area (Å²) in [6.45, 7) is 0. The van der Waals surface area contributed by atoms with Crippen molar-refractivity contribution in [3.05, 3.63) is 15.6 Å². The average Bonchev–Trinajstić information content (AvgIpc) is 2.13. The van der Waals surface area contributed by atoms with Gasteiger partial charge in [0.15, 0.2) is 11.5 Å². The number of hydrogen-bond donors (Lipinski definition) is 1. The summed E-state index contributed by atoms with van der Waals surface area (Å²) in [7, 11) is 2.95. The van der Waals surface area contributed by atoms with E-state index in [1.54, 1.807) is 0 Å². The van der Waals surface area contributed by atoms with Crippen molar-refractivity contribution in [2.24, 2.45) is 0 Å². The molecule has 13 heavy (non-hydrogen) atoms. The number of methoxy groups -OCH3 is 2. The summed E-state index contributed by atoms with van der Waals surface area (Å²) in [5, 5.41) is 9.66. The first kappa shape index (κ1) is 10.5. The second-order valence-corrected chi connectivity index (χ2v) is 3.43. The van der Waals surface area contributed by atoms with Crippen molar-refractivity contribution in [1.82, 2.24) is 0 Å². The number of rotatable bonds is 2. The summed E-state index contributed by atoms with van der Waals surface area (Å²) >= 11 is 8.99. The molecule has 3 nitrogen and oxygen atoms in total. The molecule has 0 aliphatic carbocycles. The van der Waals surface area contributed by atoms with Crippen LogP contribution in [0.1, 0.15) is 0 Å². The van der Waals surface area contributed by atoms with Gasteiger partial charge in [0, 0.05) is 6.07 Å². The van der Waals surface area contributed by atoms with E-state index in [2.05, 4.69) is 15.9 Å². The van der Waals surface area contributed by atoms with Crippen LogP contribution in [-0.4, -0.2) is 19.3 Å². The highest BCUT2D eigenvalue weighted by atomic mass is 79.9. The van der Waals surface area contributed by atoms with Gasteiger partial charge in [-0.25, -0.2) is 0 Å². The molecule has 0 bridgehead atoms. The zero-order valence-corrected chi connectivity index (χ0v) is 9.44. The number of halogens is 2. The van der Waals surface area contributed by atoms with Crippen molar-refractivity contribution in [1.29, 1.82) is 0 Å². The molecule has 5 heteroatoms. The molecule has 0 spiro atoms. The van der Waals surface area contributed by atoms with E-state index < -0.39 is 0 Å². The van der Waals surface area contributed by atoms with E-state index in [0.717, 1.165) is 0 Å². The van der Waals surface area contributed by atoms with E-state index in [9.17, 15) is 5.11 Å². The largest absolute Gasteiger partial charge is 0.507 e. The Morgan fingerprint density at radius 2 is 2.00 bits per heavy atom. The van der Waals surface area contributed by atoms with Crippen LogP contribution >= 0.6 is 27.5 Å². The van der Waals surface area contributed by atoms with Gasteiger partial charge in [0.2, 0.25) is 0 Å². The van der Waals surface area contributed by atoms with E-state index in [1.165, 1.54) is 20.3 Å². The Morgan fingerprint density at radius 3 is 2.46 bits per heavy atom. The van der Waals surface area contributed by atoms with E-state index in [-0.39, 0.29) is 5.75 Å². The van der Waals surface area contributed by atoms with Crippen LogP contribution < -0.4 is 9.47 Å². The normalized spacial score (nSPS) is 9.85. The molecule has 1 aromatic rings. The lowest BCUT2D eigenvalue weighted by molar-refractivity contribution is 0.351.